The van der Waals surface area contributed by atoms with E-state index < -0.39 is 0 Å². The van der Waals surface area contributed by atoms with Gasteiger partial charge >= 0.3 is 0 Å². The number of ether oxygens (including phenoxy) is 1. The highest BCUT2D eigenvalue weighted by Crippen LogP contribution is 2.39. The smallest absolute Gasteiger partial charge is 0.250 e. The number of pyridine rings is 1. The van der Waals surface area contributed by atoms with E-state index in [-0.39, 0.29) is 11.9 Å². The Hall–Kier alpha value is -3.22. The Morgan fingerprint density at radius 1 is 1.23 bits per heavy atom. The van der Waals surface area contributed by atoms with Crippen LogP contribution in [0.5, 0.6) is 5.88 Å². The molecule has 1 aliphatic rings. The van der Waals surface area contributed by atoms with Crippen molar-refractivity contribution in [1.29, 1.82) is 0 Å². The molecule has 0 saturated carbocycles. The SMILES string of the molecule is COc1cccc(Cc2noc([C@@H]3Cc4ccccc4N3C(C)=O)n2)n1. The number of carbonyl (C=O) groups excluding carboxylic acids is 1. The molecule has 0 spiro atoms. The van der Waals surface area contributed by atoms with Gasteiger partial charge in [0.25, 0.3) is 0 Å². The summed E-state index contributed by atoms with van der Waals surface area (Å²) in [6.45, 7) is 1.55. The van der Waals surface area contributed by atoms with E-state index in [1.54, 1.807) is 25.0 Å². The van der Waals surface area contributed by atoms with Gasteiger partial charge in [0, 0.05) is 25.1 Å². The van der Waals surface area contributed by atoms with Crippen molar-refractivity contribution in [3.63, 3.8) is 0 Å². The molecular formula is C19H18N4O3. The number of aromatic nitrogens is 3. The molecule has 0 aliphatic carbocycles. The van der Waals surface area contributed by atoms with E-state index in [0.29, 0.717) is 30.4 Å². The summed E-state index contributed by atoms with van der Waals surface area (Å²) in [7, 11) is 1.58. The van der Waals surface area contributed by atoms with Crippen LogP contribution in [0.1, 0.15) is 35.9 Å². The van der Waals surface area contributed by atoms with Crippen LogP contribution in [-0.4, -0.2) is 28.1 Å². The van der Waals surface area contributed by atoms with Gasteiger partial charge < -0.3 is 9.26 Å². The molecule has 7 heteroatoms. The number of fused-ring (bicyclic) bond motifs is 1. The largest absolute Gasteiger partial charge is 0.481 e. The van der Waals surface area contributed by atoms with E-state index in [1.807, 2.05) is 36.4 Å². The quantitative estimate of drug-likeness (QED) is 0.720. The zero-order valence-electron chi connectivity index (χ0n) is 14.5. The van der Waals surface area contributed by atoms with Crippen LogP contribution < -0.4 is 9.64 Å². The Balaban J connectivity index is 1.59. The predicted octanol–water partition coefficient (Wildman–Crippen LogP) is 2.71. The topological polar surface area (TPSA) is 81.4 Å². The Morgan fingerprint density at radius 3 is 2.88 bits per heavy atom. The molecule has 3 heterocycles. The number of carbonyl (C=O) groups is 1. The Kier molecular flexibility index (Phi) is 4.12. The summed E-state index contributed by atoms with van der Waals surface area (Å²) < 4.78 is 10.6. The van der Waals surface area contributed by atoms with E-state index in [4.69, 9.17) is 9.26 Å². The fraction of sp³-hybridized carbons (Fsp3) is 0.263. The van der Waals surface area contributed by atoms with E-state index in [2.05, 4.69) is 15.1 Å². The van der Waals surface area contributed by atoms with Crippen LogP contribution in [0, 0.1) is 0 Å². The average molecular weight is 350 g/mol. The zero-order chi connectivity index (χ0) is 18.1. The van der Waals surface area contributed by atoms with Crippen molar-refractivity contribution in [2.45, 2.75) is 25.8 Å². The minimum absolute atomic E-state index is 0.0471. The van der Waals surface area contributed by atoms with Gasteiger partial charge in [-0.1, -0.05) is 29.4 Å². The van der Waals surface area contributed by atoms with Crippen LogP contribution in [0.15, 0.2) is 47.0 Å². The molecule has 2 aromatic heterocycles. The number of benzene rings is 1. The van der Waals surface area contributed by atoms with Crippen LogP contribution in [0.2, 0.25) is 0 Å². The van der Waals surface area contributed by atoms with E-state index >= 15 is 0 Å². The van der Waals surface area contributed by atoms with Gasteiger partial charge in [-0.3, -0.25) is 9.69 Å². The van der Waals surface area contributed by atoms with Gasteiger partial charge in [0.1, 0.15) is 6.04 Å². The first-order valence-corrected chi connectivity index (χ1v) is 8.36. The van der Waals surface area contributed by atoms with Crippen molar-refractivity contribution in [3.8, 4) is 5.88 Å². The lowest BCUT2D eigenvalue weighted by molar-refractivity contribution is -0.117. The van der Waals surface area contributed by atoms with Crippen molar-refractivity contribution in [1.82, 2.24) is 15.1 Å². The molecule has 0 saturated heterocycles. The molecule has 1 amide bonds. The summed E-state index contributed by atoms with van der Waals surface area (Å²) in [5.41, 5.74) is 2.79. The molecule has 3 aromatic rings. The number of para-hydroxylation sites is 1. The van der Waals surface area contributed by atoms with Gasteiger partial charge in [0.2, 0.25) is 17.7 Å². The molecule has 1 aliphatic heterocycles. The normalized spacial score (nSPS) is 15.8. The van der Waals surface area contributed by atoms with Gasteiger partial charge in [-0.05, 0) is 17.7 Å². The molecule has 132 valence electrons. The second-order valence-electron chi connectivity index (χ2n) is 6.13. The fourth-order valence-corrected chi connectivity index (χ4v) is 3.28. The van der Waals surface area contributed by atoms with Crippen LogP contribution in [-0.2, 0) is 17.6 Å². The molecular weight excluding hydrogens is 332 g/mol. The fourth-order valence-electron chi connectivity index (χ4n) is 3.28. The highest BCUT2D eigenvalue weighted by atomic mass is 16.5. The second kappa shape index (κ2) is 6.59. The summed E-state index contributed by atoms with van der Waals surface area (Å²) in [4.78, 5) is 22.8. The van der Waals surface area contributed by atoms with Gasteiger partial charge in [0.05, 0.1) is 19.2 Å². The molecule has 4 rings (SSSR count). The first-order chi connectivity index (χ1) is 12.7. The van der Waals surface area contributed by atoms with Crippen LogP contribution >= 0.6 is 0 Å². The standard InChI is InChI=1S/C19H18N4O3/c1-12(24)23-15-8-4-3-6-13(15)10-16(23)19-21-17(22-26-19)11-14-7-5-9-18(20-14)25-2/h3-9,16H,10-11H2,1-2H3/t16-/m0/s1. The minimum atomic E-state index is -0.274. The number of nitrogens with zero attached hydrogens (tertiary/aromatic N) is 4. The number of amides is 1. The molecule has 1 atom stereocenters. The lowest BCUT2D eigenvalue weighted by Gasteiger charge is -2.21. The molecule has 7 nitrogen and oxygen atoms in total. The summed E-state index contributed by atoms with van der Waals surface area (Å²) in [5.74, 6) is 1.46. The molecule has 0 fully saturated rings. The van der Waals surface area contributed by atoms with E-state index in [0.717, 1.165) is 16.9 Å². The maximum Gasteiger partial charge on any atom is 0.250 e. The van der Waals surface area contributed by atoms with Crippen molar-refractivity contribution in [2.24, 2.45) is 0 Å². The van der Waals surface area contributed by atoms with Crippen LogP contribution in [0.3, 0.4) is 0 Å². The number of hydrogen-bond acceptors (Lipinski definition) is 6. The lowest BCUT2D eigenvalue weighted by atomic mass is 10.1. The van der Waals surface area contributed by atoms with Crippen molar-refractivity contribution in [3.05, 3.63) is 65.4 Å². The van der Waals surface area contributed by atoms with E-state index in [1.165, 1.54) is 0 Å². The lowest BCUT2D eigenvalue weighted by Crippen LogP contribution is -2.30. The summed E-state index contributed by atoms with van der Waals surface area (Å²) in [6, 6.07) is 13.1. The van der Waals surface area contributed by atoms with Gasteiger partial charge in [-0.2, -0.15) is 4.98 Å². The minimum Gasteiger partial charge on any atom is -0.481 e. The molecule has 0 N–H and O–H groups in total. The first kappa shape index (κ1) is 16.3. The van der Waals surface area contributed by atoms with Gasteiger partial charge in [-0.15, -0.1) is 0 Å². The van der Waals surface area contributed by atoms with Crippen molar-refractivity contribution < 1.29 is 14.1 Å². The third-order valence-corrected chi connectivity index (χ3v) is 4.41. The highest BCUT2D eigenvalue weighted by molar-refractivity contribution is 5.94. The summed E-state index contributed by atoms with van der Waals surface area (Å²) in [6.07, 6.45) is 1.09. The van der Waals surface area contributed by atoms with Crippen LogP contribution in [0.4, 0.5) is 5.69 Å². The molecule has 1 aromatic carbocycles. The predicted molar refractivity (Wildman–Crippen MR) is 93.9 cm³/mol. The average Bonchev–Trinajstić information content (AvgIpc) is 3.26. The Morgan fingerprint density at radius 2 is 2.08 bits per heavy atom. The van der Waals surface area contributed by atoms with E-state index in [9.17, 15) is 4.79 Å². The maximum absolute atomic E-state index is 12.2. The maximum atomic E-state index is 12.2. The summed E-state index contributed by atoms with van der Waals surface area (Å²) >= 11 is 0. The molecule has 0 radical (unpaired) electrons. The number of hydrogen-bond donors (Lipinski definition) is 0. The van der Waals surface area contributed by atoms with Crippen molar-refractivity contribution in [2.75, 3.05) is 12.0 Å². The highest BCUT2D eigenvalue weighted by Gasteiger charge is 2.36. The number of methoxy groups -OCH3 is 1. The van der Waals surface area contributed by atoms with Gasteiger partial charge in [-0.25, -0.2) is 4.98 Å². The molecule has 0 bridgehead atoms. The monoisotopic (exact) mass is 350 g/mol. The Bertz CT molecular complexity index is 953. The van der Waals surface area contributed by atoms with Crippen molar-refractivity contribution >= 4 is 11.6 Å². The van der Waals surface area contributed by atoms with Gasteiger partial charge in [0.15, 0.2) is 5.82 Å². The number of anilines is 1. The molecule has 26 heavy (non-hydrogen) atoms. The third-order valence-electron chi connectivity index (χ3n) is 4.41. The first-order valence-electron chi connectivity index (χ1n) is 8.36. The number of rotatable bonds is 4. The molecule has 0 unspecified atom stereocenters. The Labute approximate surface area is 150 Å². The third kappa shape index (κ3) is 2.92. The van der Waals surface area contributed by atoms with Crippen LogP contribution in [0.25, 0.3) is 0 Å². The summed E-state index contributed by atoms with van der Waals surface area (Å²) in [5, 5.41) is 4.06. The zero-order valence-corrected chi connectivity index (χ0v) is 14.5. The second-order valence-corrected chi connectivity index (χ2v) is 6.13.